The molecule has 2 heterocycles. The van der Waals surface area contributed by atoms with Crippen molar-refractivity contribution in [1.82, 2.24) is 0 Å². The molecule has 0 aromatic heterocycles. The van der Waals surface area contributed by atoms with Crippen LogP contribution < -0.4 is 4.90 Å². The number of benzene rings is 2. The number of anilines is 1. The maximum Gasteiger partial charge on any atom is 0.315 e. The zero-order valence-electron chi connectivity index (χ0n) is 16.1. The summed E-state index contributed by atoms with van der Waals surface area (Å²) in [6.07, 6.45) is 0.110. The van der Waals surface area contributed by atoms with Crippen molar-refractivity contribution in [2.75, 3.05) is 25.3 Å². The Morgan fingerprint density at radius 2 is 2.06 bits per heavy atom. The highest BCUT2D eigenvalue weighted by Gasteiger charge is 2.62. The Morgan fingerprint density at radius 1 is 1.32 bits per heavy atom. The number of carbonyl (C=O) groups is 2. The predicted octanol–water partition coefficient (Wildman–Crippen LogP) is 4.58. The minimum atomic E-state index is -1.48. The van der Waals surface area contributed by atoms with E-state index in [-0.39, 0.29) is 41.1 Å². The molecule has 2 atom stereocenters. The molecule has 1 fully saturated rings. The van der Waals surface area contributed by atoms with Gasteiger partial charge in [0.05, 0.1) is 27.7 Å². The van der Waals surface area contributed by atoms with Gasteiger partial charge in [-0.05, 0) is 23.8 Å². The zero-order valence-corrected chi connectivity index (χ0v) is 19.2. The lowest BCUT2D eigenvalue weighted by atomic mass is 9.65. The van der Waals surface area contributed by atoms with Crippen molar-refractivity contribution in [3.05, 3.63) is 66.1 Å². The molecule has 8 nitrogen and oxygen atoms in total. The number of methoxy groups -OCH3 is 1. The minimum absolute atomic E-state index is 0.0320. The van der Waals surface area contributed by atoms with E-state index < -0.39 is 28.1 Å². The summed E-state index contributed by atoms with van der Waals surface area (Å²) in [4.78, 5) is 39.5. The van der Waals surface area contributed by atoms with Gasteiger partial charge < -0.3 is 9.47 Å². The first-order chi connectivity index (χ1) is 14.7. The highest BCUT2D eigenvalue weighted by Crippen LogP contribution is 2.57. The Hall–Kier alpha value is -2.20. The summed E-state index contributed by atoms with van der Waals surface area (Å²) in [5.41, 5.74) is -0.905. The second-order valence-electron chi connectivity index (χ2n) is 7.22. The molecule has 4 rings (SSSR count). The highest BCUT2D eigenvalue weighted by molar-refractivity contribution is 9.10. The van der Waals surface area contributed by atoms with Crippen LogP contribution in [0.4, 0.5) is 11.4 Å². The van der Waals surface area contributed by atoms with Gasteiger partial charge in [0.1, 0.15) is 12.6 Å². The second kappa shape index (κ2) is 8.05. The standard InChI is InChI=1S/C20H15BrCl2N2O6/c1-30-9-24-17-13(7-11(22)8-14(17)23)20(19(24)27)4-5-31-18(26)16(20)12-3-2-10(21)6-15(12)25(28)29/h2-3,6-8,16H,4-5,9H2,1H3. The number of nitrogens with zero attached hydrogens (tertiary/aromatic N) is 2. The van der Waals surface area contributed by atoms with Crippen LogP contribution >= 0.6 is 39.1 Å². The van der Waals surface area contributed by atoms with Gasteiger partial charge in [-0.2, -0.15) is 0 Å². The first-order valence-electron chi connectivity index (χ1n) is 9.13. The predicted molar refractivity (Wildman–Crippen MR) is 117 cm³/mol. The molecule has 31 heavy (non-hydrogen) atoms. The molecule has 162 valence electrons. The van der Waals surface area contributed by atoms with Crippen LogP contribution in [0, 0.1) is 10.1 Å². The molecule has 1 saturated heterocycles. The zero-order chi connectivity index (χ0) is 22.5. The van der Waals surface area contributed by atoms with Crippen LogP contribution in [-0.2, 0) is 24.5 Å². The van der Waals surface area contributed by atoms with Gasteiger partial charge in [-0.15, -0.1) is 0 Å². The molecule has 0 aliphatic carbocycles. The van der Waals surface area contributed by atoms with Gasteiger partial charge in [-0.1, -0.05) is 45.2 Å². The van der Waals surface area contributed by atoms with Crippen molar-refractivity contribution in [1.29, 1.82) is 0 Å². The Balaban J connectivity index is 2.04. The van der Waals surface area contributed by atoms with Crippen LogP contribution in [0.1, 0.15) is 23.5 Å². The van der Waals surface area contributed by atoms with Crippen LogP contribution in [0.3, 0.4) is 0 Å². The molecule has 0 radical (unpaired) electrons. The smallest absolute Gasteiger partial charge is 0.315 e. The van der Waals surface area contributed by atoms with Crippen LogP contribution in [0.25, 0.3) is 0 Å². The largest absolute Gasteiger partial charge is 0.465 e. The molecule has 0 saturated carbocycles. The number of cyclic esters (lactones) is 1. The first kappa shape index (κ1) is 22.0. The van der Waals surface area contributed by atoms with Crippen molar-refractivity contribution >= 4 is 62.4 Å². The van der Waals surface area contributed by atoms with Gasteiger partial charge in [0, 0.05) is 34.7 Å². The number of fused-ring (bicyclic) bond motifs is 2. The summed E-state index contributed by atoms with van der Waals surface area (Å²) < 4.78 is 10.9. The Morgan fingerprint density at radius 3 is 2.74 bits per heavy atom. The summed E-state index contributed by atoms with van der Waals surface area (Å²) in [6.45, 7) is -0.144. The van der Waals surface area contributed by atoms with Gasteiger partial charge in [0.15, 0.2) is 0 Å². The average molecular weight is 530 g/mol. The molecule has 2 aromatic carbocycles. The Labute approximate surface area is 195 Å². The molecular weight excluding hydrogens is 515 g/mol. The normalized spacial score (nSPS) is 22.6. The van der Waals surface area contributed by atoms with Crippen molar-refractivity contribution in [3.8, 4) is 0 Å². The van der Waals surface area contributed by atoms with E-state index in [2.05, 4.69) is 15.9 Å². The molecule has 0 N–H and O–H groups in total. The van der Waals surface area contributed by atoms with E-state index in [9.17, 15) is 19.7 Å². The quantitative estimate of drug-likeness (QED) is 0.326. The van der Waals surface area contributed by atoms with E-state index in [1.54, 1.807) is 12.1 Å². The summed E-state index contributed by atoms with van der Waals surface area (Å²) in [5, 5.41) is 12.3. The van der Waals surface area contributed by atoms with E-state index in [1.807, 2.05) is 0 Å². The molecule has 2 aromatic rings. The van der Waals surface area contributed by atoms with E-state index in [0.29, 0.717) is 15.7 Å². The van der Waals surface area contributed by atoms with Gasteiger partial charge in [0.2, 0.25) is 5.91 Å². The van der Waals surface area contributed by atoms with Crippen molar-refractivity contribution in [3.63, 3.8) is 0 Å². The minimum Gasteiger partial charge on any atom is -0.465 e. The lowest BCUT2D eigenvalue weighted by Gasteiger charge is -2.38. The number of nitro benzene ring substituents is 1. The summed E-state index contributed by atoms with van der Waals surface area (Å²) >= 11 is 15.9. The number of rotatable bonds is 4. The number of hydrogen-bond donors (Lipinski definition) is 0. The van der Waals surface area contributed by atoms with Crippen molar-refractivity contribution < 1.29 is 24.0 Å². The average Bonchev–Trinajstić information content (AvgIpc) is 2.92. The topological polar surface area (TPSA) is 99.0 Å². The SMILES string of the molecule is COCN1C(=O)C2(CCOC(=O)C2c2ccc(Br)cc2[N+](=O)[O-])c2cc(Cl)cc(Cl)c21. The van der Waals surface area contributed by atoms with E-state index in [4.69, 9.17) is 32.7 Å². The lowest BCUT2D eigenvalue weighted by molar-refractivity contribution is -0.385. The van der Waals surface area contributed by atoms with Crippen LogP contribution in [-0.4, -0.2) is 37.2 Å². The van der Waals surface area contributed by atoms with Crippen LogP contribution in [0.2, 0.25) is 10.0 Å². The molecule has 1 spiro atoms. The number of carbonyl (C=O) groups excluding carboxylic acids is 2. The molecule has 2 aliphatic rings. The third-order valence-electron chi connectivity index (χ3n) is 5.63. The van der Waals surface area contributed by atoms with Gasteiger partial charge in [-0.25, -0.2) is 0 Å². The third-order valence-corrected chi connectivity index (χ3v) is 6.63. The fraction of sp³-hybridized carbons (Fsp3) is 0.300. The summed E-state index contributed by atoms with van der Waals surface area (Å²) in [6, 6.07) is 7.40. The van der Waals surface area contributed by atoms with E-state index >= 15 is 0 Å². The summed E-state index contributed by atoms with van der Waals surface area (Å²) in [5.74, 6) is -2.45. The van der Waals surface area contributed by atoms with Crippen LogP contribution in [0.15, 0.2) is 34.8 Å². The number of amides is 1. The molecule has 0 bridgehead atoms. The number of hydrogen-bond acceptors (Lipinski definition) is 6. The molecule has 11 heteroatoms. The van der Waals surface area contributed by atoms with Crippen molar-refractivity contribution in [2.45, 2.75) is 17.8 Å². The monoisotopic (exact) mass is 528 g/mol. The molecule has 2 unspecified atom stereocenters. The number of esters is 1. The van der Waals surface area contributed by atoms with Crippen LogP contribution in [0.5, 0.6) is 0 Å². The number of nitro groups is 1. The molecule has 2 aliphatic heterocycles. The fourth-order valence-corrected chi connectivity index (χ4v) is 5.41. The maximum absolute atomic E-state index is 13.8. The van der Waals surface area contributed by atoms with Gasteiger partial charge in [0.25, 0.3) is 5.69 Å². The first-order valence-corrected chi connectivity index (χ1v) is 10.7. The number of ether oxygens (including phenoxy) is 2. The summed E-state index contributed by atoms with van der Waals surface area (Å²) in [7, 11) is 1.42. The lowest BCUT2D eigenvalue weighted by Crippen LogP contribution is -2.51. The third kappa shape index (κ3) is 3.31. The van der Waals surface area contributed by atoms with Crippen molar-refractivity contribution in [2.24, 2.45) is 0 Å². The number of halogens is 3. The van der Waals surface area contributed by atoms with E-state index in [0.717, 1.165) is 0 Å². The second-order valence-corrected chi connectivity index (χ2v) is 8.98. The van der Waals surface area contributed by atoms with Gasteiger partial charge in [-0.3, -0.25) is 24.6 Å². The molecular formula is C20H15BrCl2N2O6. The Bertz CT molecular complexity index is 1130. The maximum atomic E-state index is 13.8. The molecule has 1 amide bonds. The Kier molecular flexibility index (Phi) is 5.72. The highest BCUT2D eigenvalue weighted by atomic mass is 79.9. The van der Waals surface area contributed by atoms with E-state index in [1.165, 1.54) is 30.2 Å². The fourth-order valence-electron chi connectivity index (χ4n) is 4.46. The van der Waals surface area contributed by atoms with Gasteiger partial charge >= 0.3 is 5.97 Å².